The number of nitrogens with zero attached hydrogens (tertiary/aromatic N) is 2. The molecule has 1 aromatic carbocycles. The summed E-state index contributed by atoms with van der Waals surface area (Å²) < 4.78 is 60.3. The van der Waals surface area contributed by atoms with Crippen LogP contribution in [0.4, 0.5) is 28.0 Å². The number of alkyl halides is 2. The third kappa shape index (κ3) is 4.33. The normalized spacial score (nSPS) is 21.5. The van der Waals surface area contributed by atoms with Crippen molar-refractivity contribution in [3.63, 3.8) is 0 Å². The Bertz CT molecular complexity index is 790. The maximum absolute atomic E-state index is 14.3. The number of rotatable bonds is 1. The summed E-state index contributed by atoms with van der Waals surface area (Å²) in [4.78, 5) is 17.7. The second-order valence-electron chi connectivity index (χ2n) is 7.76. The Morgan fingerprint density at radius 3 is 2.63 bits per heavy atom. The number of fused-ring (bicyclic) bond motifs is 1. The molecule has 0 aromatic heterocycles. The van der Waals surface area contributed by atoms with Crippen molar-refractivity contribution < 1.29 is 27.1 Å². The van der Waals surface area contributed by atoms with Crippen LogP contribution < -0.4 is 5.32 Å². The second-order valence-corrected chi connectivity index (χ2v) is 7.76. The summed E-state index contributed by atoms with van der Waals surface area (Å²) in [6, 6.07) is 0.601. The Morgan fingerprint density at radius 2 is 1.96 bits per heavy atom. The van der Waals surface area contributed by atoms with Crippen molar-refractivity contribution in [3.05, 3.63) is 29.3 Å². The van der Waals surface area contributed by atoms with Gasteiger partial charge in [-0.3, -0.25) is 0 Å². The third-order valence-electron chi connectivity index (χ3n) is 4.40. The SMILES string of the molecule is CC(C)(C)OC(=O)N[C@@H]1CN(C2=Nc3cc(F)c(F)cc3C2)CCC1(F)F. The Balaban J connectivity index is 1.72. The van der Waals surface area contributed by atoms with Crippen molar-refractivity contribution >= 4 is 17.6 Å². The van der Waals surface area contributed by atoms with Gasteiger partial charge in [0.2, 0.25) is 0 Å². The Labute approximate surface area is 154 Å². The molecule has 0 radical (unpaired) electrons. The minimum absolute atomic E-state index is 0.0251. The first-order valence-electron chi connectivity index (χ1n) is 8.62. The lowest BCUT2D eigenvalue weighted by atomic mass is 10.0. The van der Waals surface area contributed by atoms with Crippen LogP contribution >= 0.6 is 0 Å². The van der Waals surface area contributed by atoms with E-state index in [-0.39, 0.29) is 25.2 Å². The predicted molar refractivity (Wildman–Crippen MR) is 91.5 cm³/mol. The topological polar surface area (TPSA) is 53.9 Å². The molecule has 2 heterocycles. The van der Waals surface area contributed by atoms with Gasteiger partial charge >= 0.3 is 6.09 Å². The van der Waals surface area contributed by atoms with Crippen LogP contribution in [0.15, 0.2) is 17.1 Å². The molecule has 1 fully saturated rings. The molecule has 1 N–H and O–H groups in total. The van der Waals surface area contributed by atoms with E-state index in [1.54, 1.807) is 25.7 Å². The number of nitrogens with one attached hydrogen (secondary N) is 1. The van der Waals surface area contributed by atoms with Gasteiger partial charge in [-0.15, -0.1) is 0 Å². The standard InChI is InChI=1S/C18H21F4N3O2/c1-17(2,3)27-16(26)24-14-9-25(5-4-18(14,21)22)15-7-10-6-11(19)12(20)8-13(10)23-15/h6,8,14H,4-5,7,9H2,1-3H3,(H,24,26)/t14-/m1/s1. The van der Waals surface area contributed by atoms with Crippen LogP contribution in [0.2, 0.25) is 0 Å². The zero-order chi connectivity index (χ0) is 20.0. The Kier molecular flexibility index (Phi) is 4.81. The quantitative estimate of drug-likeness (QED) is 0.746. The largest absolute Gasteiger partial charge is 0.444 e. The van der Waals surface area contributed by atoms with Crippen molar-refractivity contribution in [2.75, 3.05) is 13.1 Å². The number of halogens is 4. The van der Waals surface area contributed by atoms with Crippen molar-refractivity contribution in [1.82, 2.24) is 10.2 Å². The van der Waals surface area contributed by atoms with Gasteiger partial charge in [0.05, 0.1) is 5.69 Å². The monoisotopic (exact) mass is 387 g/mol. The first kappa shape index (κ1) is 19.4. The highest BCUT2D eigenvalue weighted by Gasteiger charge is 2.46. The van der Waals surface area contributed by atoms with Crippen LogP contribution in [0, 0.1) is 11.6 Å². The summed E-state index contributed by atoms with van der Waals surface area (Å²) in [5.41, 5.74) is -0.0187. The molecule has 27 heavy (non-hydrogen) atoms. The van der Waals surface area contributed by atoms with E-state index in [0.717, 1.165) is 12.1 Å². The van der Waals surface area contributed by atoms with Gasteiger partial charge in [-0.25, -0.2) is 27.3 Å². The molecule has 3 rings (SSSR count). The van der Waals surface area contributed by atoms with Gasteiger partial charge in [0.1, 0.15) is 17.5 Å². The fraction of sp³-hybridized carbons (Fsp3) is 0.556. The first-order chi connectivity index (χ1) is 12.4. The van der Waals surface area contributed by atoms with Crippen LogP contribution in [0.3, 0.4) is 0 Å². The van der Waals surface area contributed by atoms with Gasteiger partial charge in [0.25, 0.3) is 5.92 Å². The van der Waals surface area contributed by atoms with Gasteiger partial charge < -0.3 is 15.0 Å². The number of piperidine rings is 1. The number of benzene rings is 1. The van der Waals surface area contributed by atoms with E-state index >= 15 is 0 Å². The summed E-state index contributed by atoms with van der Waals surface area (Å²) in [6.07, 6.45) is -1.18. The maximum Gasteiger partial charge on any atom is 0.408 e. The van der Waals surface area contributed by atoms with Crippen LogP contribution in [0.5, 0.6) is 0 Å². The van der Waals surface area contributed by atoms with Gasteiger partial charge in [0.15, 0.2) is 11.6 Å². The number of ether oxygens (including phenoxy) is 1. The number of aliphatic imine (C=N–C) groups is 1. The molecule has 0 saturated carbocycles. The van der Waals surface area contributed by atoms with E-state index in [0.29, 0.717) is 11.4 Å². The minimum atomic E-state index is -3.10. The number of alkyl carbamates (subject to hydrolysis) is 1. The molecule has 1 aromatic rings. The number of carbonyl (C=O) groups is 1. The Morgan fingerprint density at radius 1 is 1.30 bits per heavy atom. The van der Waals surface area contributed by atoms with Crippen molar-refractivity contribution in [2.45, 2.75) is 51.2 Å². The second kappa shape index (κ2) is 6.69. The van der Waals surface area contributed by atoms with Crippen molar-refractivity contribution in [3.8, 4) is 0 Å². The molecular weight excluding hydrogens is 366 g/mol. The van der Waals surface area contributed by atoms with E-state index in [4.69, 9.17) is 4.74 Å². The summed E-state index contributed by atoms with van der Waals surface area (Å²) in [5, 5.41) is 2.23. The van der Waals surface area contributed by atoms with E-state index in [9.17, 15) is 22.4 Å². The molecule has 2 aliphatic rings. The number of amides is 1. The molecular formula is C18H21F4N3O2. The summed E-state index contributed by atoms with van der Waals surface area (Å²) >= 11 is 0. The lowest BCUT2D eigenvalue weighted by Gasteiger charge is -2.39. The highest BCUT2D eigenvalue weighted by Crippen LogP contribution is 2.33. The van der Waals surface area contributed by atoms with E-state index in [1.807, 2.05) is 0 Å². The average molecular weight is 387 g/mol. The first-order valence-corrected chi connectivity index (χ1v) is 8.62. The lowest BCUT2D eigenvalue weighted by Crippen LogP contribution is -2.60. The molecule has 0 aliphatic carbocycles. The number of hydrogen-bond donors (Lipinski definition) is 1. The van der Waals surface area contributed by atoms with E-state index in [2.05, 4.69) is 10.3 Å². The minimum Gasteiger partial charge on any atom is -0.444 e. The molecule has 1 saturated heterocycles. The van der Waals surface area contributed by atoms with Crippen molar-refractivity contribution in [1.29, 1.82) is 0 Å². The zero-order valence-corrected chi connectivity index (χ0v) is 15.3. The smallest absolute Gasteiger partial charge is 0.408 e. The van der Waals surface area contributed by atoms with Gasteiger partial charge in [0, 0.05) is 32.0 Å². The van der Waals surface area contributed by atoms with Crippen LogP contribution in [0.25, 0.3) is 0 Å². The molecule has 2 aliphatic heterocycles. The molecule has 0 bridgehead atoms. The molecule has 148 valence electrons. The summed E-state index contributed by atoms with van der Waals surface area (Å²) in [7, 11) is 0. The van der Waals surface area contributed by atoms with Crippen molar-refractivity contribution in [2.24, 2.45) is 4.99 Å². The summed E-state index contributed by atoms with van der Waals surface area (Å²) in [6.45, 7) is 4.77. The predicted octanol–water partition coefficient (Wildman–Crippen LogP) is 3.79. The van der Waals surface area contributed by atoms with Gasteiger partial charge in [-0.1, -0.05) is 0 Å². The number of amidine groups is 1. The van der Waals surface area contributed by atoms with E-state index < -0.39 is 41.7 Å². The number of carbonyl (C=O) groups excluding carboxylic acids is 1. The molecule has 5 nitrogen and oxygen atoms in total. The molecule has 0 unspecified atom stereocenters. The third-order valence-corrected chi connectivity index (χ3v) is 4.40. The fourth-order valence-corrected chi connectivity index (χ4v) is 3.09. The molecule has 0 spiro atoms. The molecule has 1 amide bonds. The average Bonchev–Trinajstić information content (AvgIpc) is 2.90. The van der Waals surface area contributed by atoms with Gasteiger partial charge in [-0.2, -0.15) is 0 Å². The number of likely N-dealkylation sites (tertiary alicyclic amines) is 1. The van der Waals surface area contributed by atoms with Gasteiger partial charge in [-0.05, 0) is 32.4 Å². The highest BCUT2D eigenvalue weighted by atomic mass is 19.3. The molecule has 1 atom stereocenters. The summed E-state index contributed by atoms with van der Waals surface area (Å²) in [5.74, 6) is -4.63. The fourth-order valence-electron chi connectivity index (χ4n) is 3.09. The highest BCUT2D eigenvalue weighted by molar-refractivity contribution is 5.92. The maximum atomic E-state index is 14.3. The molecule has 9 heteroatoms. The van der Waals surface area contributed by atoms with Crippen LogP contribution in [-0.2, 0) is 11.2 Å². The number of hydrogen-bond acceptors (Lipinski definition) is 4. The lowest BCUT2D eigenvalue weighted by molar-refractivity contribution is -0.0741. The van der Waals surface area contributed by atoms with Crippen LogP contribution in [0.1, 0.15) is 32.8 Å². The zero-order valence-electron chi connectivity index (χ0n) is 15.3. The van der Waals surface area contributed by atoms with Crippen LogP contribution in [-0.4, -0.2) is 47.5 Å². The Hall–Kier alpha value is -2.32. The van der Waals surface area contributed by atoms with E-state index in [1.165, 1.54) is 0 Å².